The Morgan fingerprint density at radius 3 is 3.00 bits per heavy atom. The fourth-order valence-electron chi connectivity index (χ4n) is 2.94. The summed E-state index contributed by atoms with van der Waals surface area (Å²) in [7, 11) is 0. The van der Waals surface area contributed by atoms with Crippen molar-refractivity contribution in [2.45, 2.75) is 58.3 Å². The van der Waals surface area contributed by atoms with E-state index in [1.165, 1.54) is 4.88 Å². The number of piperidine rings is 1. The Morgan fingerprint density at radius 2 is 2.33 bits per heavy atom. The quantitative estimate of drug-likeness (QED) is 0.829. The van der Waals surface area contributed by atoms with Crippen LogP contribution in [0.2, 0.25) is 0 Å². The molecule has 1 atom stereocenters. The lowest BCUT2D eigenvalue weighted by Crippen LogP contribution is -2.39. The fourth-order valence-corrected chi connectivity index (χ4v) is 3.84. The van der Waals surface area contributed by atoms with Gasteiger partial charge in [-0.1, -0.05) is 19.0 Å². The molecule has 0 bridgehead atoms. The second-order valence-corrected chi connectivity index (χ2v) is 7.96. The lowest BCUT2D eigenvalue weighted by Gasteiger charge is -2.31. The number of hydrogen-bond donors (Lipinski definition) is 0. The summed E-state index contributed by atoms with van der Waals surface area (Å²) in [4.78, 5) is 24.5. The van der Waals surface area contributed by atoms with E-state index in [1.807, 2.05) is 24.9 Å². The molecular formula is C17H24N4O2S. The smallest absolute Gasteiger partial charge is 0.227 e. The second kappa shape index (κ2) is 7.42. The zero-order chi connectivity index (χ0) is 17.1. The Bertz CT molecular complexity index is 694. The zero-order valence-electron chi connectivity index (χ0n) is 14.5. The number of thiazole rings is 1. The molecule has 1 amide bonds. The van der Waals surface area contributed by atoms with E-state index >= 15 is 0 Å². The van der Waals surface area contributed by atoms with Crippen LogP contribution in [0, 0.1) is 6.92 Å². The van der Waals surface area contributed by atoms with Gasteiger partial charge in [0.05, 0.1) is 5.01 Å². The number of aromatic nitrogens is 3. The highest BCUT2D eigenvalue weighted by atomic mass is 32.1. The fraction of sp³-hybridized carbons (Fsp3) is 0.647. The van der Waals surface area contributed by atoms with Crippen LogP contribution in [0.15, 0.2) is 10.7 Å². The predicted octanol–water partition coefficient (Wildman–Crippen LogP) is 3.30. The lowest BCUT2D eigenvalue weighted by atomic mass is 9.98. The summed E-state index contributed by atoms with van der Waals surface area (Å²) in [6, 6.07) is 0. The molecule has 0 spiro atoms. The van der Waals surface area contributed by atoms with Gasteiger partial charge >= 0.3 is 0 Å². The van der Waals surface area contributed by atoms with Crippen LogP contribution >= 0.6 is 11.3 Å². The van der Waals surface area contributed by atoms with Gasteiger partial charge in [0.15, 0.2) is 5.82 Å². The topological polar surface area (TPSA) is 72.1 Å². The first-order valence-electron chi connectivity index (χ1n) is 8.55. The molecule has 7 heteroatoms. The Kier molecular flexibility index (Phi) is 5.28. The van der Waals surface area contributed by atoms with Crippen molar-refractivity contribution in [3.8, 4) is 0 Å². The van der Waals surface area contributed by atoms with E-state index in [0.717, 1.165) is 30.9 Å². The first kappa shape index (κ1) is 17.1. The van der Waals surface area contributed by atoms with E-state index in [-0.39, 0.29) is 11.8 Å². The average Bonchev–Trinajstić information content (AvgIpc) is 3.22. The predicted molar refractivity (Wildman–Crippen MR) is 92.1 cm³/mol. The van der Waals surface area contributed by atoms with Crippen LogP contribution in [0.3, 0.4) is 0 Å². The highest BCUT2D eigenvalue weighted by molar-refractivity contribution is 7.11. The molecule has 2 aromatic heterocycles. The number of likely N-dealkylation sites (tertiary alicyclic amines) is 1. The van der Waals surface area contributed by atoms with Crippen molar-refractivity contribution in [3.05, 3.63) is 27.8 Å². The number of hydrogen-bond acceptors (Lipinski definition) is 6. The van der Waals surface area contributed by atoms with Gasteiger partial charge in [-0.2, -0.15) is 4.98 Å². The molecule has 3 rings (SSSR count). The maximum Gasteiger partial charge on any atom is 0.227 e. The highest BCUT2D eigenvalue weighted by Gasteiger charge is 2.26. The molecule has 1 aliphatic rings. The SMILES string of the molecule is Cc1cnc(C2CCCN(C(=O)CCc3nc(C(C)C)no3)C2)s1. The van der Waals surface area contributed by atoms with Crippen molar-refractivity contribution in [2.75, 3.05) is 13.1 Å². The van der Waals surface area contributed by atoms with E-state index in [1.54, 1.807) is 11.3 Å². The molecule has 24 heavy (non-hydrogen) atoms. The number of amides is 1. The van der Waals surface area contributed by atoms with Crippen molar-refractivity contribution < 1.29 is 9.32 Å². The Hall–Kier alpha value is -1.76. The summed E-state index contributed by atoms with van der Waals surface area (Å²) in [5.41, 5.74) is 0. The maximum atomic E-state index is 12.5. The van der Waals surface area contributed by atoms with Gasteiger partial charge in [0.1, 0.15) is 0 Å². The van der Waals surface area contributed by atoms with Gasteiger partial charge in [-0.05, 0) is 19.8 Å². The van der Waals surface area contributed by atoms with Gasteiger partial charge in [0.2, 0.25) is 11.8 Å². The van der Waals surface area contributed by atoms with Crippen LogP contribution in [-0.4, -0.2) is 39.0 Å². The largest absolute Gasteiger partial charge is 0.342 e. The summed E-state index contributed by atoms with van der Waals surface area (Å²) in [5.74, 6) is 2.03. The molecule has 1 saturated heterocycles. The van der Waals surface area contributed by atoms with Crippen molar-refractivity contribution >= 4 is 17.2 Å². The zero-order valence-corrected chi connectivity index (χ0v) is 15.3. The van der Waals surface area contributed by atoms with Crippen LogP contribution in [0.1, 0.15) is 66.5 Å². The van der Waals surface area contributed by atoms with Gasteiger partial charge in [0.25, 0.3) is 0 Å². The Morgan fingerprint density at radius 1 is 1.50 bits per heavy atom. The molecule has 1 fully saturated rings. The average molecular weight is 348 g/mol. The third kappa shape index (κ3) is 4.01. The molecule has 0 radical (unpaired) electrons. The Labute approximate surface area is 146 Å². The second-order valence-electron chi connectivity index (χ2n) is 6.69. The van der Waals surface area contributed by atoms with Crippen LogP contribution in [0.5, 0.6) is 0 Å². The normalized spacial score (nSPS) is 18.3. The molecule has 0 aliphatic carbocycles. The first-order chi connectivity index (χ1) is 11.5. The van der Waals surface area contributed by atoms with Crippen molar-refractivity contribution in [3.63, 3.8) is 0 Å². The number of carbonyl (C=O) groups excluding carboxylic acids is 1. The molecule has 6 nitrogen and oxygen atoms in total. The molecule has 0 N–H and O–H groups in total. The van der Waals surface area contributed by atoms with Crippen molar-refractivity contribution in [2.24, 2.45) is 0 Å². The molecule has 1 aliphatic heterocycles. The number of carbonyl (C=O) groups is 1. The summed E-state index contributed by atoms with van der Waals surface area (Å²) in [6.45, 7) is 7.72. The van der Waals surface area contributed by atoms with E-state index in [0.29, 0.717) is 30.5 Å². The summed E-state index contributed by atoms with van der Waals surface area (Å²) in [5, 5.41) is 5.10. The number of nitrogens with zero attached hydrogens (tertiary/aromatic N) is 4. The van der Waals surface area contributed by atoms with Crippen molar-refractivity contribution in [1.29, 1.82) is 0 Å². The van der Waals surface area contributed by atoms with Gasteiger partial charge in [0, 0.05) is 48.8 Å². The van der Waals surface area contributed by atoms with Gasteiger partial charge in [-0.15, -0.1) is 11.3 Å². The third-order valence-corrected chi connectivity index (χ3v) is 5.39. The number of aryl methyl sites for hydroxylation is 2. The standard InChI is InChI=1S/C17H24N4O2S/c1-11(2)16-19-14(23-20-16)6-7-15(22)21-8-4-5-13(10-21)17-18-9-12(3)24-17/h9,11,13H,4-8,10H2,1-3H3. The van der Waals surface area contributed by atoms with Crippen LogP contribution < -0.4 is 0 Å². The molecule has 3 heterocycles. The minimum Gasteiger partial charge on any atom is -0.342 e. The maximum absolute atomic E-state index is 12.5. The highest BCUT2D eigenvalue weighted by Crippen LogP contribution is 2.30. The summed E-state index contributed by atoms with van der Waals surface area (Å²) >= 11 is 1.74. The molecule has 0 aromatic carbocycles. The molecule has 2 aromatic rings. The van der Waals surface area contributed by atoms with Crippen LogP contribution in [0.4, 0.5) is 0 Å². The van der Waals surface area contributed by atoms with Crippen molar-refractivity contribution in [1.82, 2.24) is 20.0 Å². The van der Waals surface area contributed by atoms with E-state index < -0.39 is 0 Å². The first-order valence-corrected chi connectivity index (χ1v) is 9.37. The summed E-state index contributed by atoms with van der Waals surface area (Å²) < 4.78 is 5.22. The third-order valence-electron chi connectivity index (χ3n) is 4.32. The van der Waals surface area contributed by atoms with Gasteiger partial charge < -0.3 is 9.42 Å². The monoisotopic (exact) mass is 348 g/mol. The van der Waals surface area contributed by atoms with E-state index in [4.69, 9.17) is 4.52 Å². The van der Waals surface area contributed by atoms with E-state index in [9.17, 15) is 4.79 Å². The molecule has 0 saturated carbocycles. The molecular weight excluding hydrogens is 324 g/mol. The van der Waals surface area contributed by atoms with Crippen LogP contribution in [0.25, 0.3) is 0 Å². The lowest BCUT2D eigenvalue weighted by molar-refractivity contribution is -0.132. The van der Waals surface area contributed by atoms with Crippen LogP contribution in [-0.2, 0) is 11.2 Å². The minimum atomic E-state index is 0.164. The van der Waals surface area contributed by atoms with E-state index in [2.05, 4.69) is 22.0 Å². The molecule has 1 unspecified atom stereocenters. The van der Waals surface area contributed by atoms with Gasteiger partial charge in [-0.3, -0.25) is 4.79 Å². The Balaban J connectivity index is 1.54. The number of rotatable bonds is 5. The molecule has 130 valence electrons. The van der Waals surface area contributed by atoms with Gasteiger partial charge in [-0.25, -0.2) is 4.98 Å². The minimum absolute atomic E-state index is 0.164. The summed E-state index contributed by atoms with van der Waals surface area (Å²) in [6.07, 6.45) is 4.99.